The molecule has 0 aliphatic carbocycles. The highest BCUT2D eigenvalue weighted by molar-refractivity contribution is 7.80. The summed E-state index contributed by atoms with van der Waals surface area (Å²) in [5, 5.41) is 14.8. The quantitative estimate of drug-likeness (QED) is 0.659. The summed E-state index contributed by atoms with van der Waals surface area (Å²) in [6, 6.07) is 8.76. The lowest BCUT2D eigenvalue weighted by molar-refractivity contribution is 0.0698. The molecular weight excluding hydrogens is 395 g/mol. The number of carbonyl (C=O) groups excluding carboxylic acids is 1. The van der Waals surface area contributed by atoms with E-state index in [4.69, 9.17) is 47.0 Å². The predicted octanol–water partition coefficient (Wildman–Crippen LogP) is 4.47. The van der Waals surface area contributed by atoms with E-state index in [-0.39, 0.29) is 26.4 Å². The molecule has 0 saturated carbocycles. The Morgan fingerprint density at radius 1 is 1.00 bits per heavy atom. The maximum Gasteiger partial charge on any atom is 0.337 e. The van der Waals surface area contributed by atoms with Crippen LogP contribution < -0.4 is 10.6 Å². The molecule has 9 heteroatoms. The van der Waals surface area contributed by atoms with E-state index in [1.165, 1.54) is 24.3 Å². The van der Waals surface area contributed by atoms with Gasteiger partial charge in [0.15, 0.2) is 5.11 Å². The number of carboxylic acids is 1. The molecule has 0 saturated heterocycles. The summed E-state index contributed by atoms with van der Waals surface area (Å²) in [6.07, 6.45) is 0. The zero-order valence-corrected chi connectivity index (χ0v) is 14.9. The number of carbonyl (C=O) groups is 2. The van der Waals surface area contributed by atoms with Crippen LogP contribution in [0.3, 0.4) is 0 Å². The lowest BCUT2D eigenvalue weighted by Crippen LogP contribution is -2.34. The van der Waals surface area contributed by atoms with Gasteiger partial charge in [0.1, 0.15) is 0 Å². The first-order chi connectivity index (χ1) is 11.3. The highest BCUT2D eigenvalue weighted by Gasteiger charge is 2.17. The summed E-state index contributed by atoms with van der Waals surface area (Å²) >= 11 is 22.6. The Kier molecular flexibility index (Phi) is 6.01. The number of aromatic carboxylic acids is 1. The van der Waals surface area contributed by atoms with Crippen LogP contribution in [0.5, 0.6) is 0 Å². The fourth-order valence-corrected chi connectivity index (χ4v) is 2.65. The van der Waals surface area contributed by atoms with Crippen LogP contribution in [-0.2, 0) is 0 Å². The van der Waals surface area contributed by atoms with Gasteiger partial charge in [-0.25, -0.2) is 4.79 Å². The fraction of sp³-hybridized carbons (Fsp3) is 0. The molecule has 0 aliphatic rings. The number of nitrogens with one attached hydrogen (secondary N) is 2. The molecule has 0 aliphatic heterocycles. The van der Waals surface area contributed by atoms with Crippen LogP contribution in [0.2, 0.25) is 15.1 Å². The van der Waals surface area contributed by atoms with Gasteiger partial charge in [-0.05, 0) is 48.6 Å². The number of hydrogen-bond acceptors (Lipinski definition) is 3. The molecule has 2 aromatic rings. The minimum absolute atomic E-state index is 0.0370. The summed E-state index contributed by atoms with van der Waals surface area (Å²) in [6.45, 7) is 0. The Labute approximate surface area is 157 Å². The second-order valence-corrected chi connectivity index (χ2v) is 6.22. The summed E-state index contributed by atoms with van der Waals surface area (Å²) in [7, 11) is 0. The van der Waals surface area contributed by atoms with E-state index in [1.54, 1.807) is 12.1 Å². The molecule has 0 heterocycles. The number of benzene rings is 2. The van der Waals surface area contributed by atoms with Gasteiger partial charge >= 0.3 is 5.97 Å². The van der Waals surface area contributed by atoms with Crippen molar-refractivity contribution in [2.45, 2.75) is 0 Å². The van der Waals surface area contributed by atoms with Crippen molar-refractivity contribution in [3.63, 3.8) is 0 Å². The molecule has 0 spiro atoms. The Morgan fingerprint density at radius 2 is 1.62 bits per heavy atom. The number of halogens is 3. The third-order valence-corrected chi connectivity index (χ3v) is 3.83. The van der Waals surface area contributed by atoms with Gasteiger partial charge in [-0.3, -0.25) is 10.1 Å². The molecule has 3 N–H and O–H groups in total. The van der Waals surface area contributed by atoms with Gasteiger partial charge < -0.3 is 10.4 Å². The zero-order valence-electron chi connectivity index (χ0n) is 11.8. The Morgan fingerprint density at radius 3 is 2.21 bits per heavy atom. The van der Waals surface area contributed by atoms with Crippen molar-refractivity contribution in [1.82, 2.24) is 5.32 Å². The van der Waals surface area contributed by atoms with E-state index >= 15 is 0 Å². The van der Waals surface area contributed by atoms with Crippen molar-refractivity contribution in [2.24, 2.45) is 0 Å². The average molecular weight is 404 g/mol. The summed E-state index contributed by atoms with van der Waals surface area (Å²) in [5.41, 5.74) is 0.203. The molecule has 24 heavy (non-hydrogen) atoms. The van der Waals surface area contributed by atoms with Gasteiger partial charge in [-0.2, -0.15) is 0 Å². The maximum atomic E-state index is 12.1. The van der Waals surface area contributed by atoms with Crippen molar-refractivity contribution < 1.29 is 14.7 Å². The van der Waals surface area contributed by atoms with Crippen LogP contribution in [0.1, 0.15) is 20.7 Å². The van der Waals surface area contributed by atoms with E-state index in [2.05, 4.69) is 10.6 Å². The van der Waals surface area contributed by atoms with Crippen molar-refractivity contribution in [1.29, 1.82) is 0 Å². The van der Waals surface area contributed by atoms with Crippen LogP contribution in [0.4, 0.5) is 5.69 Å². The van der Waals surface area contributed by atoms with Crippen LogP contribution in [0.25, 0.3) is 0 Å². The van der Waals surface area contributed by atoms with Gasteiger partial charge in [0.2, 0.25) is 0 Å². The van der Waals surface area contributed by atoms with Gasteiger partial charge in [-0.15, -0.1) is 0 Å². The molecule has 0 unspecified atom stereocenters. The minimum Gasteiger partial charge on any atom is -0.478 e. The Hall–Kier alpha value is -1.86. The first-order valence-electron chi connectivity index (χ1n) is 6.38. The molecule has 1 amide bonds. The van der Waals surface area contributed by atoms with Crippen molar-refractivity contribution in [3.8, 4) is 0 Å². The standard InChI is InChI=1S/C15H9Cl3N2O3S/c16-8-3-1-7(2-4-8)13(21)20-15(24)19-12-10(14(22)23)5-9(17)6-11(12)18/h1-6H,(H,22,23)(H2,19,20,21,24). The summed E-state index contributed by atoms with van der Waals surface area (Å²) < 4.78 is 0. The van der Waals surface area contributed by atoms with Crippen molar-refractivity contribution >= 4 is 69.7 Å². The van der Waals surface area contributed by atoms with Crippen LogP contribution in [0.15, 0.2) is 36.4 Å². The van der Waals surface area contributed by atoms with E-state index in [0.29, 0.717) is 10.6 Å². The van der Waals surface area contributed by atoms with Gasteiger partial charge in [0.05, 0.1) is 16.3 Å². The average Bonchev–Trinajstić information content (AvgIpc) is 2.50. The van der Waals surface area contributed by atoms with Crippen LogP contribution in [0, 0.1) is 0 Å². The Balaban J connectivity index is 2.17. The number of amides is 1. The summed E-state index contributed by atoms with van der Waals surface area (Å²) in [4.78, 5) is 23.3. The van der Waals surface area contributed by atoms with Crippen LogP contribution >= 0.6 is 47.0 Å². The summed E-state index contributed by atoms with van der Waals surface area (Å²) in [5.74, 6) is -1.72. The van der Waals surface area contributed by atoms with E-state index in [9.17, 15) is 14.7 Å². The zero-order chi connectivity index (χ0) is 17.9. The third-order valence-electron chi connectivity index (χ3n) is 2.86. The van der Waals surface area contributed by atoms with Crippen molar-refractivity contribution in [3.05, 3.63) is 62.6 Å². The number of rotatable bonds is 3. The first-order valence-corrected chi connectivity index (χ1v) is 7.92. The Bertz CT molecular complexity index is 825. The topological polar surface area (TPSA) is 78.4 Å². The number of carboxylic acid groups (broad SMARTS) is 1. The van der Waals surface area contributed by atoms with Gasteiger partial charge in [0.25, 0.3) is 5.91 Å². The maximum absolute atomic E-state index is 12.1. The second-order valence-electron chi connectivity index (χ2n) is 4.53. The highest BCUT2D eigenvalue weighted by Crippen LogP contribution is 2.30. The predicted molar refractivity (Wildman–Crippen MR) is 98.6 cm³/mol. The van der Waals surface area contributed by atoms with E-state index in [1.807, 2.05) is 0 Å². The van der Waals surface area contributed by atoms with Gasteiger partial charge in [-0.1, -0.05) is 34.8 Å². The molecule has 2 aromatic carbocycles. The molecular formula is C15H9Cl3N2O3S. The molecule has 2 rings (SSSR count). The van der Waals surface area contributed by atoms with Crippen molar-refractivity contribution in [2.75, 3.05) is 5.32 Å². The molecule has 0 atom stereocenters. The number of thiocarbonyl (C=S) groups is 1. The largest absolute Gasteiger partial charge is 0.478 e. The molecule has 0 bridgehead atoms. The minimum atomic E-state index is -1.24. The van der Waals surface area contributed by atoms with E-state index in [0.717, 1.165) is 0 Å². The molecule has 0 fully saturated rings. The second kappa shape index (κ2) is 7.81. The lowest BCUT2D eigenvalue weighted by atomic mass is 10.2. The van der Waals surface area contributed by atoms with Gasteiger partial charge in [0, 0.05) is 15.6 Å². The molecule has 124 valence electrons. The molecule has 0 aromatic heterocycles. The van der Waals surface area contributed by atoms with Crippen LogP contribution in [-0.4, -0.2) is 22.1 Å². The fourth-order valence-electron chi connectivity index (χ4n) is 1.79. The third kappa shape index (κ3) is 4.58. The first kappa shape index (κ1) is 18.5. The van der Waals surface area contributed by atoms with E-state index < -0.39 is 11.9 Å². The monoisotopic (exact) mass is 402 g/mol. The molecule has 0 radical (unpaired) electrons. The molecule has 5 nitrogen and oxygen atoms in total. The normalized spacial score (nSPS) is 10.1. The lowest BCUT2D eigenvalue weighted by Gasteiger charge is -2.13. The SMILES string of the molecule is O=C(NC(=S)Nc1c(Cl)cc(Cl)cc1C(=O)O)c1ccc(Cl)cc1. The number of anilines is 1. The smallest absolute Gasteiger partial charge is 0.337 e. The highest BCUT2D eigenvalue weighted by atomic mass is 35.5. The number of hydrogen-bond donors (Lipinski definition) is 3.